The summed E-state index contributed by atoms with van der Waals surface area (Å²) in [6.45, 7) is 0. The zero-order valence-electron chi connectivity index (χ0n) is 14.9. The molecular formula is C20H18N4O3S. The number of nitrogens with one attached hydrogen (secondary N) is 1. The van der Waals surface area contributed by atoms with E-state index in [4.69, 9.17) is 4.55 Å². The van der Waals surface area contributed by atoms with Crippen LogP contribution in [0.1, 0.15) is 12.1 Å². The quantitative estimate of drug-likeness (QED) is 0.485. The first-order chi connectivity index (χ1) is 13.5. The maximum atomic E-state index is 11.1. The van der Waals surface area contributed by atoms with E-state index in [2.05, 4.69) is 20.2 Å². The zero-order valence-corrected chi connectivity index (χ0v) is 15.7. The van der Waals surface area contributed by atoms with Crippen molar-refractivity contribution < 1.29 is 13.0 Å². The number of aryl methyl sites for hydroxylation is 1. The van der Waals surface area contributed by atoms with Gasteiger partial charge in [0, 0.05) is 29.0 Å². The first-order valence-corrected chi connectivity index (χ1v) is 10.4. The molecule has 0 aliphatic carbocycles. The molecule has 2 N–H and O–H groups in total. The van der Waals surface area contributed by atoms with Gasteiger partial charge in [-0.3, -0.25) is 19.6 Å². The molecule has 8 heteroatoms. The number of fused-ring (bicyclic) bond motifs is 1. The molecule has 0 aliphatic rings. The third-order valence-corrected chi connectivity index (χ3v) is 5.30. The van der Waals surface area contributed by atoms with Crippen molar-refractivity contribution in [2.45, 2.75) is 12.8 Å². The van der Waals surface area contributed by atoms with Crippen LogP contribution in [-0.4, -0.2) is 38.9 Å². The molecule has 142 valence electrons. The molecule has 0 atom stereocenters. The third kappa shape index (κ3) is 3.78. The van der Waals surface area contributed by atoms with Crippen molar-refractivity contribution in [3.05, 3.63) is 66.6 Å². The third-order valence-electron chi connectivity index (χ3n) is 4.50. The number of pyridine rings is 2. The Morgan fingerprint density at radius 1 is 0.964 bits per heavy atom. The van der Waals surface area contributed by atoms with Crippen LogP contribution in [0.4, 0.5) is 0 Å². The fraction of sp³-hybridized carbons (Fsp3) is 0.150. The lowest BCUT2D eigenvalue weighted by molar-refractivity contribution is 0.481. The van der Waals surface area contributed by atoms with E-state index < -0.39 is 10.1 Å². The molecule has 4 aromatic rings. The Morgan fingerprint density at radius 2 is 1.79 bits per heavy atom. The maximum absolute atomic E-state index is 11.1. The number of rotatable bonds is 6. The lowest BCUT2D eigenvalue weighted by Gasteiger charge is -2.09. The van der Waals surface area contributed by atoms with Crippen LogP contribution in [-0.2, 0) is 16.5 Å². The fourth-order valence-electron chi connectivity index (χ4n) is 3.28. The normalized spacial score (nSPS) is 11.8. The summed E-state index contributed by atoms with van der Waals surface area (Å²) in [4.78, 5) is 8.83. The molecule has 0 unspecified atom stereocenters. The van der Waals surface area contributed by atoms with Crippen LogP contribution in [0.15, 0.2) is 60.9 Å². The molecule has 3 aromatic heterocycles. The van der Waals surface area contributed by atoms with Crippen molar-refractivity contribution in [1.82, 2.24) is 20.2 Å². The molecule has 3 heterocycles. The summed E-state index contributed by atoms with van der Waals surface area (Å²) in [5.74, 6) is -0.304. The molecule has 0 bridgehead atoms. The average Bonchev–Trinajstić information content (AvgIpc) is 3.11. The lowest BCUT2D eigenvalue weighted by Crippen LogP contribution is -2.05. The van der Waals surface area contributed by atoms with Crippen LogP contribution >= 0.6 is 0 Å². The number of aromatic amines is 1. The van der Waals surface area contributed by atoms with Crippen LogP contribution in [0.5, 0.6) is 0 Å². The van der Waals surface area contributed by atoms with Crippen molar-refractivity contribution in [2.75, 3.05) is 5.75 Å². The van der Waals surface area contributed by atoms with Gasteiger partial charge in [-0.2, -0.15) is 13.5 Å². The van der Waals surface area contributed by atoms with E-state index in [1.165, 1.54) is 0 Å². The number of H-pyrrole nitrogens is 1. The summed E-state index contributed by atoms with van der Waals surface area (Å²) >= 11 is 0. The molecule has 0 amide bonds. The smallest absolute Gasteiger partial charge is 0.264 e. The van der Waals surface area contributed by atoms with E-state index in [0.29, 0.717) is 12.1 Å². The van der Waals surface area contributed by atoms with Gasteiger partial charge in [0.2, 0.25) is 0 Å². The highest BCUT2D eigenvalue weighted by Gasteiger charge is 2.20. The SMILES string of the molecule is O=S(=O)(O)CCCc1[nH]nc(-c2ccccn2)c1-c1ccnc2ccccc12. The van der Waals surface area contributed by atoms with E-state index >= 15 is 0 Å². The van der Waals surface area contributed by atoms with E-state index in [0.717, 1.165) is 33.4 Å². The molecule has 0 saturated carbocycles. The summed E-state index contributed by atoms with van der Waals surface area (Å²) in [7, 11) is -4.01. The van der Waals surface area contributed by atoms with Gasteiger partial charge in [0.05, 0.1) is 17.0 Å². The van der Waals surface area contributed by atoms with Crippen molar-refractivity contribution in [1.29, 1.82) is 0 Å². The standard InChI is InChI=1S/C20H18N4O3S/c25-28(26,27)13-5-9-17-19(20(24-23-17)18-8-3-4-11-21-18)15-10-12-22-16-7-2-1-6-14(15)16/h1-4,6-8,10-12H,5,9,13H2,(H,23,24)(H,25,26,27). The minimum Gasteiger partial charge on any atom is -0.286 e. The largest absolute Gasteiger partial charge is 0.286 e. The van der Waals surface area contributed by atoms with Gasteiger partial charge >= 0.3 is 0 Å². The molecule has 28 heavy (non-hydrogen) atoms. The molecule has 0 spiro atoms. The van der Waals surface area contributed by atoms with E-state index in [-0.39, 0.29) is 12.2 Å². The number of hydrogen-bond donors (Lipinski definition) is 2. The summed E-state index contributed by atoms with van der Waals surface area (Å²) in [5, 5.41) is 8.47. The molecule has 4 rings (SSSR count). The molecule has 7 nitrogen and oxygen atoms in total. The number of aromatic nitrogens is 4. The van der Waals surface area contributed by atoms with Gasteiger partial charge in [-0.25, -0.2) is 0 Å². The van der Waals surface area contributed by atoms with Crippen molar-refractivity contribution >= 4 is 21.0 Å². The summed E-state index contributed by atoms with van der Waals surface area (Å²) in [6.07, 6.45) is 4.15. The van der Waals surface area contributed by atoms with E-state index in [9.17, 15) is 8.42 Å². The Bertz CT molecular complexity index is 1220. The van der Waals surface area contributed by atoms with E-state index in [1.54, 1.807) is 12.4 Å². The highest BCUT2D eigenvalue weighted by Crippen LogP contribution is 2.36. The van der Waals surface area contributed by atoms with Crippen molar-refractivity contribution in [3.8, 4) is 22.5 Å². The van der Waals surface area contributed by atoms with Crippen molar-refractivity contribution in [2.24, 2.45) is 0 Å². The first-order valence-electron chi connectivity index (χ1n) is 8.81. The molecule has 0 saturated heterocycles. The molecule has 0 aliphatic heterocycles. The van der Waals surface area contributed by atoms with E-state index in [1.807, 2.05) is 48.5 Å². The van der Waals surface area contributed by atoms with Gasteiger partial charge in [0.1, 0.15) is 5.69 Å². The van der Waals surface area contributed by atoms with Crippen LogP contribution < -0.4 is 0 Å². The molecule has 1 aromatic carbocycles. The monoisotopic (exact) mass is 394 g/mol. The summed E-state index contributed by atoms with van der Waals surface area (Å²) in [5.41, 5.74) is 4.88. The Labute approximate surface area is 162 Å². The number of benzene rings is 1. The second-order valence-corrected chi connectivity index (χ2v) is 7.98. The Balaban J connectivity index is 1.86. The molecular weight excluding hydrogens is 376 g/mol. The zero-order chi connectivity index (χ0) is 19.6. The van der Waals surface area contributed by atoms with Crippen LogP contribution in [0.3, 0.4) is 0 Å². The second-order valence-electron chi connectivity index (χ2n) is 6.41. The van der Waals surface area contributed by atoms with Crippen LogP contribution in [0, 0.1) is 0 Å². The lowest BCUT2D eigenvalue weighted by atomic mass is 9.96. The van der Waals surface area contributed by atoms with Crippen molar-refractivity contribution in [3.63, 3.8) is 0 Å². The van der Waals surface area contributed by atoms with Crippen LogP contribution in [0.25, 0.3) is 33.4 Å². The summed E-state index contributed by atoms with van der Waals surface area (Å²) in [6, 6.07) is 15.4. The minimum atomic E-state index is -4.01. The predicted molar refractivity (Wildman–Crippen MR) is 107 cm³/mol. The van der Waals surface area contributed by atoms with Gasteiger partial charge in [-0.05, 0) is 42.7 Å². The fourth-order valence-corrected chi connectivity index (χ4v) is 3.79. The average molecular weight is 394 g/mol. The molecule has 0 fully saturated rings. The maximum Gasteiger partial charge on any atom is 0.264 e. The summed E-state index contributed by atoms with van der Waals surface area (Å²) < 4.78 is 31.2. The van der Waals surface area contributed by atoms with Gasteiger partial charge in [-0.15, -0.1) is 0 Å². The predicted octanol–water partition coefficient (Wildman–Crippen LogP) is 3.51. The Morgan fingerprint density at radius 3 is 2.57 bits per heavy atom. The van der Waals surface area contributed by atoms with Gasteiger partial charge in [-0.1, -0.05) is 24.3 Å². The second kappa shape index (κ2) is 7.49. The number of nitrogens with zero attached hydrogens (tertiary/aromatic N) is 3. The highest BCUT2D eigenvalue weighted by molar-refractivity contribution is 7.85. The van der Waals surface area contributed by atoms with Gasteiger partial charge in [0.25, 0.3) is 10.1 Å². The highest BCUT2D eigenvalue weighted by atomic mass is 32.2. The Kier molecular flexibility index (Phi) is 4.89. The minimum absolute atomic E-state index is 0.276. The first kappa shape index (κ1) is 18.3. The van der Waals surface area contributed by atoms with Gasteiger partial charge in [0.15, 0.2) is 0 Å². The Hall–Kier alpha value is -3.10. The van der Waals surface area contributed by atoms with Crippen LogP contribution in [0.2, 0.25) is 0 Å². The topological polar surface area (TPSA) is 109 Å². The molecule has 0 radical (unpaired) electrons. The number of hydrogen-bond acceptors (Lipinski definition) is 5. The van der Waals surface area contributed by atoms with Gasteiger partial charge < -0.3 is 0 Å². The number of para-hydroxylation sites is 1.